The second kappa shape index (κ2) is 10.6. The highest BCUT2D eigenvalue weighted by atomic mass is 19.1. The maximum absolute atomic E-state index is 14.2. The first-order valence-electron chi connectivity index (χ1n) is 13.0. The predicted molar refractivity (Wildman–Crippen MR) is 135 cm³/mol. The average molecular weight is 483 g/mol. The molecule has 7 heteroatoms. The third-order valence-electron chi connectivity index (χ3n) is 8.01. The fraction of sp³-hybridized carbons (Fsp3) is 0.536. The van der Waals surface area contributed by atoms with E-state index in [1.54, 1.807) is 13.0 Å². The smallest absolute Gasteiger partial charge is 0.219 e. The number of piperidine rings is 1. The summed E-state index contributed by atoms with van der Waals surface area (Å²) in [6, 6.07) is 12.1. The molecule has 2 aromatic rings. The molecule has 0 aromatic heterocycles. The van der Waals surface area contributed by atoms with Gasteiger partial charge in [-0.2, -0.15) is 0 Å². The molecule has 2 atom stereocenters. The number of halogens is 2. The van der Waals surface area contributed by atoms with Crippen molar-refractivity contribution < 1.29 is 13.6 Å². The molecule has 0 bridgehead atoms. The Kier molecular flexibility index (Phi) is 7.35. The van der Waals surface area contributed by atoms with E-state index in [1.807, 2.05) is 23.1 Å². The first-order valence-corrected chi connectivity index (χ1v) is 13.0. The van der Waals surface area contributed by atoms with Crippen LogP contribution in [-0.2, 0) is 4.79 Å². The number of piperazine rings is 1. The quantitative estimate of drug-likeness (QED) is 0.540. The van der Waals surface area contributed by atoms with Gasteiger partial charge in [-0.05, 0) is 80.4 Å². The number of rotatable bonds is 7. The molecule has 1 amide bonds. The predicted octanol–water partition coefficient (Wildman–Crippen LogP) is 4.61. The molecule has 3 aliphatic heterocycles. The van der Waals surface area contributed by atoms with E-state index in [-0.39, 0.29) is 29.5 Å². The van der Waals surface area contributed by atoms with E-state index in [2.05, 4.69) is 14.7 Å². The van der Waals surface area contributed by atoms with Gasteiger partial charge in [-0.25, -0.2) is 8.78 Å². The van der Waals surface area contributed by atoms with E-state index in [9.17, 15) is 13.6 Å². The number of hydrogen-bond donors (Lipinski definition) is 0. The molecule has 188 valence electrons. The highest BCUT2D eigenvalue weighted by Gasteiger charge is 2.42. The number of unbranched alkanes of at least 4 members (excludes halogenated alkanes) is 2. The Morgan fingerprint density at radius 1 is 0.857 bits per heavy atom. The van der Waals surface area contributed by atoms with Crippen molar-refractivity contribution in [1.29, 1.82) is 0 Å². The Hall–Kier alpha value is -2.51. The molecule has 2 fully saturated rings. The lowest BCUT2D eigenvalue weighted by molar-refractivity contribution is -0.130. The third-order valence-corrected chi connectivity index (χ3v) is 8.01. The zero-order valence-electron chi connectivity index (χ0n) is 20.6. The summed E-state index contributed by atoms with van der Waals surface area (Å²) >= 11 is 0. The van der Waals surface area contributed by atoms with Gasteiger partial charge in [0.25, 0.3) is 0 Å². The van der Waals surface area contributed by atoms with Gasteiger partial charge >= 0.3 is 0 Å². The lowest BCUT2D eigenvalue weighted by Crippen LogP contribution is -2.48. The second-order valence-corrected chi connectivity index (χ2v) is 10.2. The zero-order valence-corrected chi connectivity index (χ0v) is 20.6. The minimum Gasteiger partial charge on any atom is -0.340 e. The van der Waals surface area contributed by atoms with Crippen molar-refractivity contribution in [2.45, 2.75) is 44.6 Å². The molecule has 0 aliphatic carbocycles. The van der Waals surface area contributed by atoms with Crippen LogP contribution in [0.5, 0.6) is 0 Å². The summed E-state index contributed by atoms with van der Waals surface area (Å²) < 4.78 is 27.7. The zero-order chi connectivity index (χ0) is 24.4. The number of carbonyl (C=O) groups is 1. The lowest BCUT2D eigenvalue weighted by Gasteiger charge is -2.39. The molecule has 3 heterocycles. The number of amides is 1. The van der Waals surface area contributed by atoms with Crippen LogP contribution in [0.1, 0.15) is 44.1 Å². The second-order valence-electron chi connectivity index (χ2n) is 10.2. The molecule has 35 heavy (non-hydrogen) atoms. The molecule has 3 aliphatic rings. The Bertz CT molecular complexity index is 1020. The van der Waals surface area contributed by atoms with Crippen LogP contribution in [0, 0.1) is 11.6 Å². The number of nitrogens with zero attached hydrogens (tertiary/aromatic N) is 4. The van der Waals surface area contributed by atoms with Gasteiger partial charge < -0.3 is 14.7 Å². The first kappa shape index (κ1) is 24.2. The largest absolute Gasteiger partial charge is 0.340 e. The Labute approximate surface area is 207 Å². The van der Waals surface area contributed by atoms with Crippen molar-refractivity contribution in [2.24, 2.45) is 0 Å². The molecular formula is C28H36F2N4O. The van der Waals surface area contributed by atoms with Gasteiger partial charge in [0.2, 0.25) is 5.91 Å². The van der Waals surface area contributed by atoms with Gasteiger partial charge in [-0.3, -0.25) is 9.69 Å². The van der Waals surface area contributed by atoms with Gasteiger partial charge in [-0.1, -0.05) is 6.42 Å². The van der Waals surface area contributed by atoms with Crippen LogP contribution >= 0.6 is 0 Å². The summed E-state index contributed by atoms with van der Waals surface area (Å²) in [7, 11) is 0. The SMILES string of the molecule is CC(=O)N1CCN(CCCCCN2CC[C@@H]3[C@@H](C2)c2cc(F)ccc2N3c2ccc(F)cc2)CC1. The summed E-state index contributed by atoms with van der Waals surface area (Å²) in [6.07, 6.45) is 4.57. The van der Waals surface area contributed by atoms with Crippen LogP contribution in [0.25, 0.3) is 0 Å². The van der Waals surface area contributed by atoms with E-state index in [0.29, 0.717) is 0 Å². The highest BCUT2D eigenvalue weighted by Crippen LogP contribution is 2.48. The van der Waals surface area contributed by atoms with Crippen LogP contribution in [-0.4, -0.2) is 79.0 Å². The first-order chi connectivity index (χ1) is 17.0. The van der Waals surface area contributed by atoms with Crippen LogP contribution in [0.4, 0.5) is 20.2 Å². The minimum absolute atomic E-state index is 0.182. The van der Waals surface area contributed by atoms with Crippen molar-refractivity contribution in [2.75, 3.05) is 57.3 Å². The number of fused-ring (bicyclic) bond motifs is 3. The summed E-state index contributed by atoms with van der Waals surface area (Å²) in [5.41, 5.74) is 3.11. The minimum atomic E-state index is -0.239. The molecule has 2 saturated heterocycles. The summed E-state index contributed by atoms with van der Waals surface area (Å²) in [4.78, 5) is 20.7. The summed E-state index contributed by atoms with van der Waals surface area (Å²) in [5, 5.41) is 0. The number of anilines is 2. The van der Waals surface area contributed by atoms with E-state index in [4.69, 9.17) is 0 Å². The molecule has 0 unspecified atom stereocenters. The van der Waals surface area contributed by atoms with Gasteiger partial charge in [0.15, 0.2) is 0 Å². The van der Waals surface area contributed by atoms with Crippen molar-refractivity contribution in [3.05, 3.63) is 59.7 Å². The molecule has 5 rings (SSSR count). The Morgan fingerprint density at radius 3 is 2.26 bits per heavy atom. The normalized spacial score (nSPS) is 22.8. The molecular weight excluding hydrogens is 446 g/mol. The van der Waals surface area contributed by atoms with Gasteiger partial charge in [0, 0.05) is 69.5 Å². The van der Waals surface area contributed by atoms with E-state index in [1.165, 1.54) is 37.5 Å². The summed E-state index contributed by atoms with van der Waals surface area (Å²) in [6.45, 7) is 9.46. The van der Waals surface area contributed by atoms with Crippen molar-refractivity contribution >= 4 is 17.3 Å². The monoisotopic (exact) mass is 482 g/mol. The van der Waals surface area contributed by atoms with Crippen LogP contribution < -0.4 is 4.90 Å². The molecule has 5 nitrogen and oxygen atoms in total. The van der Waals surface area contributed by atoms with Gasteiger partial charge in [0.05, 0.1) is 0 Å². The lowest BCUT2D eigenvalue weighted by atomic mass is 9.89. The van der Waals surface area contributed by atoms with E-state index < -0.39 is 0 Å². The highest BCUT2D eigenvalue weighted by molar-refractivity contribution is 5.73. The standard InChI is InChI=1S/C28H36F2N4O/c1-21(35)33-17-15-31(16-18-33)12-3-2-4-13-32-14-11-28-26(20-32)25-19-23(30)7-10-27(25)34(28)24-8-5-22(29)6-9-24/h5-10,19,26,28H,2-4,11-18,20H2,1H3/t26-,28+/m0/s1. The Morgan fingerprint density at radius 2 is 1.54 bits per heavy atom. The van der Waals surface area contributed by atoms with Gasteiger partial charge in [0.1, 0.15) is 11.6 Å². The number of hydrogen-bond acceptors (Lipinski definition) is 4. The molecule has 0 spiro atoms. The van der Waals surface area contributed by atoms with Gasteiger partial charge in [-0.15, -0.1) is 0 Å². The average Bonchev–Trinajstić information content (AvgIpc) is 3.17. The van der Waals surface area contributed by atoms with Crippen molar-refractivity contribution in [3.63, 3.8) is 0 Å². The number of benzene rings is 2. The van der Waals surface area contributed by atoms with E-state index >= 15 is 0 Å². The third kappa shape index (κ3) is 5.36. The maximum atomic E-state index is 14.2. The van der Waals surface area contributed by atoms with Crippen LogP contribution in [0.3, 0.4) is 0 Å². The maximum Gasteiger partial charge on any atom is 0.219 e. The molecule has 0 radical (unpaired) electrons. The van der Waals surface area contributed by atoms with E-state index in [0.717, 1.165) is 75.7 Å². The summed E-state index contributed by atoms with van der Waals surface area (Å²) in [5.74, 6) is 0.0144. The number of carbonyl (C=O) groups excluding carboxylic acids is 1. The van der Waals surface area contributed by atoms with Crippen LogP contribution in [0.2, 0.25) is 0 Å². The fourth-order valence-electron chi connectivity index (χ4n) is 6.11. The van der Waals surface area contributed by atoms with Crippen LogP contribution in [0.15, 0.2) is 42.5 Å². The van der Waals surface area contributed by atoms with Crippen molar-refractivity contribution in [3.8, 4) is 0 Å². The topological polar surface area (TPSA) is 30.0 Å². The van der Waals surface area contributed by atoms with Crippen molar-refractivity contribution in [1.82, 2.24) is 14.7 Å². The number of likely N-dealkylation sites (tertiary alicyclic amines) is 1. The molecule has 0 N–H and O–H groups in total. The fourth-order valence-corrected chi connectivity index (χ4v) is 6.11. The Balaban J connectivity index is 1.13. The molecule has 2 aromatic carbocycles. The molecule has 0 saturated carbocycles.